The Labute approximate surface area is 220 Å². The summed E-state index contributed by atoms with van der Waals surface area (Å²) in [4.78, 5) is 28.6. The lowest BCUT2D eigenvalue weighted by Crippen LogP contribution is -2.32. The van der Waals surface area contributed by atoms with Crippen LogP contribution in [0, 0.1) is 13.5 Å². The van der Waals surface area contributed by atoms with Gasteiger partial charge in [0.1, 0.15) is 5.60 Å². The molecule has 38 heavy (non-hydrogen) atoms. The first-order valence-corrected chi connectivity index (χ1v) is 12.6. The molecule has 1 amide bonds. The molecule has 1 fully saturated rings. The van der Waals surface area contributed by atoms with Gasteiger partial charge in [0.25, 0.3) is 5.56 Å². The Morgan fingerprint density at radius 2 is 1.97 bits per heavy atom. The highest BCUT2D eigenvalue weighted by molar-refractivity contribution is 5.93. The SMILES string of the molecule is [C-]#[N+]c1c(C)cc(C2CC2)cc1-c1c(-c2ccc3c(=O)[nH]nc(CNC(=O)OC(C)(C)C)c3c2)cnn1C. The average Bonchev–Trinajstić information content (AvgIpc) is 3.63. The summed E-state index contributed by atoms with van der Waals surface area (Å²) < 4.78 is 7.13. The molecule has 0 unspecified atom stereocenters. The van der Waals surface area contributed by atoms with Crippen LogP contribution in [0.3, 0.4) is 0 Å². The summed E-state index contributed by atoms with van der Waals surface area (Å²) in [6.07, 6.45) is 3.55. The van der Waals surface area contributed by atoms with Crippen molar-refractivity contribution in [3.8, 4) is 22.4 Å². The number of H-pyrrole nitrogens is 1. The van der Waals surface area contributed by atoms with Gasteiger partial charge in [0.05, 0.1) is 36.1 Å². The zero-order chi connectivity index (χ0) is 27.2. The molecule has 0 saturated heterocycles. The number of fused-ring (bicyclic) bond motifs is 1. The van der Waals surface area contributed by atoms with Crippen LogP contribution in [0.2, 0.25) is 0 Å². The fourth-order valence-corrected chi connectivity index (χ4v) is 4.75. The van der Waals surface area contributed by atoms with E-state index in [0.29, 0.717) is 28.1 Å². The van der Waals surface area contributed by atoms with Crippen LogP contribution in [0.5, 0.6) is 0 Å². The van der Waals surface area contributed by atoms with Crippen LogP contribution < -0.4 is 10.9 Å². The number of benzene rings is 2. The van der Waals surface area contributed by atoms with E-state index < -0.39 is 11.7 Å². The highest BCUT2D eigenvalue weighted by Gasteiger charge is 2.27. The molecule has 9 heteroatoms. The minimum absolute atomic E-state index is 0.0794. The van der Waals surface area contributed by atoms with Gasteiger partial charge in [-0.1, -0.05) is 18.2 Å². The average molecular weight is 511 g/mol. The summed E-state index contributed by atoms with van der Waals surface area (Å²) in [6, 6.07) is 9.77. The van der Waals surface area contributed by atoms with Crippen LogP contribution in [-0.4, -0.2) is 31.7 Å². The van der Waals surface area contributed by atoms with Crippen LogP contribution in [0.4, 0.5) is 10.5 Å². The van der Waals surface area contributed by atoms with E-state index in [1.54, 1.807) is 37.7 Å². The van der Waals surface area contributed by atoms with Crippen molar-refractivity contribution in [3.63, 3.8) is 0 Å². The maximum Gasteiger partial charge on any atom is 0.407 e. The summed E-state index contributed by atoms with van der Waals surface area (Å²) in [6.45, 7) is 15.3. The van der Waals surface area contributed by atoms with E-state index in [9.17, 15) is 9.59 Å². The van der Waals surface area contributed by atoms with Crippen LogP contribution in [0.25, 0.3) is 38.0 Å². The van der Waals surface area contributed by atoms with E-state index in [0.717, 1.165) is 27.9 Å². The van der Waals surface area contributed by atoms with Crippen LogP contribution >= 0.6 is 0 Å². The fraction of sp³-hybridized carbons (Fsp3) is 0.345. The van der Waals surface area contributed by atoms with Crippen LogP contribution in [0.15, 0.2) is 41.3 Å². The third-order valence-electron chi connectivity index (χ3n) is 6.65. The lowest BCUT2D eigenvalue weighted by Gasteiger charge is -2.19. The third-order valence-corrected chi connectivity index (χ3v) is 6.65. The van der Waals surface area contributed by atoms with Gasteiger partial charge in [0.15, 0.2) is 5.69 Å². The molecule has 0 bridgehead atoms. The third kappa shape index (κ3) is 4.90. The summed E-state index contributed by atoms with van der Waals surface area (Å²) in [5.74, 6) is 0.544. The van der Waals surface area contributed by atoms with Crippen molar-refractivity contribution in [1.82, 2.24) is 25.3 Å². The molecule has 194 valence electrons. The van der Waals surface area contributed by atoms with Gasteiger partial charge in [-0.15, -0.1) is 0 Å². The number of hydrogen-bond donors (Lipinski definition) is 2. The Balaban J connectivity index is 1.60. The van der Waals surface area contributed by atoms with Crippen molar-refractivity contribution in [1.29, 1.82) is 0 Å². The molecule has 9 nitrogen and oxygen atoms in total. The Morgan fingerprint density at radius 1 is 1.21 bits per heavy atom. The predicted molar refractivity (Wildman–Crippen MR) is 146 cm³/mol. The molecule has 4 aromatic rings. The highest BCUT2D eigenvalue weighted by atomic mass is 16.6. The van der Waals surface area contributed by atoms with E-state index in [1.807, 2.05) is 26.1 Å². The standard InChI is InChI=1S/C29H30N6O3/c1-16-11-19(17-7-8-17)13-22(25(16)30-5)26-23(14-32-35(26)6)18-9-10-20-21(12-18)24(33-34-27(20)36)15-31-28(37)38-29(2,3)4/h9-14,17H,7-8,15H2,1-4,6H3,(H,31,37)(H,34,36). The second-order valence-electron chi connectivity index (χ2n) is 10.8. The summed E-state index contributed by atoms with van der Waals surface area (Å²) in [5.41, 5.74) is 5.75. The van der Waals surface area contributed by atoms with Crippen molar-refractivity contribution in [2.24, 2.45) is 7.05 Å². The topological polar surface area (TPSA) is 106 Å². The minimum atomic E-state index is -0.631. The summed E-state index contributed by atoms with van der Waals surface area (Å²) in [7, 11) is 1.87. The molecule has 0 radical (unpaired) electrons. The molecular weight excluding hydrogens is 480 g/mol. The van der Waals surface area contributed by atoms with Gasteiger partial charge in [-0.2, -0.15) is 10.2 Å². The maximum atomic E-state index is 12.5. The van der Waals surface area contributed by atoms with Crippen molar-refractivity contribution in [2.45, 2.75) is 58.6 Å². The van der Waals surface area contributed by atoms with E-state index >= 15 is 0 Å². The fourth-order valence-electron chi connectivity index (χ4n) is 4.75. The number of nitrogens with one attached hydrogen (secondary N) is 2. The normalized spacial score (nSPS) is 13.4. The van der Waals surface area contributed by atoms with Crippen molar-refractivity contribution in [3.05, 3.63) is 75.1 Å². The van der Waals surface area contributed by atoms with Gasteiger partial charge in [-0.05, 0) is 75.3 Å². The van der Waals surface area contributed by atoms with E-state index in [-0.39, 0.29) is 12.1 Å². The zero-order valence-electron chi connectivity index (χ0n) is 22.2. The van der Waals surface area contributed by atoms with Gasteiger partial charge in [-0.25, -0.2) is 14.7 Å². The molecule has 2 aromatic carbocycles. The second-order valence-corrected chi connectivity index (χ2v) is 10.8. The van der Waals surface area contributed by atoms with E-state index in [1.165, 1.54) is 18.4 Å². The first-order valence-electron chi connectivity index (χ1n) is 12.6. The summed E-state index contributed by atoms with van der Waals surface area (Å²) >= 11 is 0. The molecule has 1 aliphatic rings. The number of aryl methyl sites for hydroxylation is 2. The first kappa shape index (κ1) is 25.2. The van der Waals surface area contributed by atoms with Gasteiger partial charge < -0.3 is 10.1 Å². The maximum absolute atomic E-state index is 12.5. The number of carbonyl (C=O) groups excluding carboxylic acids is 1. The quantitative estimate of drug-likeness (QED) is 0.333. The predicted octanol–water partition coefficient (Wildman–Crippen LogP) is 5.75. The van der Waals surface area contributed by atoms with Crippen LogP contribution in [-0.2, 0) is 18.3 Å². The Hall–Kier alpha value is -4.45. The summed E-state index contributed by atoms with van der Waals surface area (Å²) in [5, 5.41) is 15.0. The number of ether oxygens (including phenoxy) is 1. The second kappa shape index (κ2) is 9.45. The molecule has 0 aliphatic heterocycles. The molecule has 0 atom stereocenters. The molecule has 0 spiro atoms. The number of alkyl carbamates (subject to hydrolysis) is 1. The van der Waals surface area contributed by atoms with Gasteiger partial charge in [-0.3, -0.25) is 9.48 Å². The van der Waals surface area contributed by atoms with Crippen molar-refractivity contribution in [2.75, 3.05) is 0 Å². The largest absolute Gasteiger partial charge is 0.444 e. The molecule has 2 N–H and O–H groups in total. The van der Waals surface area contributed by atoms with E-state index in [2.05, 4.69) is 37.6 Å². The number of hydrogen-bond acceptors (Lipinski definition) is 5. The van der Waals surface area contributed by atoms with Crippen molar-refractivity contribution >= 4 is 22.6 Å². The molecule has 2 heterocycles. The lowest BCUT2D eigenvalue weighted by molar-refractivity contribution is 0.0523. The highest BCUT2D eigenvalue weighted by Crippen LogP contribution is 2.46. The molecule has 5 rings (SSSR count). The molecular formula is C29H30N6O3. The Morgan fingerprint density at radius 3 is 2.66 bits per heavy atom. The molecule has 1 aliphatic carbocycles. The lowest BCUT2D eigenvalue weighted by atomic mass is 9.94. The van der Waals surface area contributed by atoms with E-state index in [4.69, 9.17) is 11.3 Å². The number of nitrogens with zero attached hydrogens (tertiary/aromatic N) is 4. The monoisotopic (exact) mass is 510 g/mol. The molecule has 1 saturated carbocycles. The number of amides is 1. The van der Waals surface area contributed by atoms with Crippen molar-refractivity contribution < 1.29 is 9.53 Å². The number of aromatic amines is 1. The zero-order valence-corrected chi connectivity index (χ0v) is 22.2. The minimum Gasteiger partial charge on any atom is -0.444 e. The number of rotatable bonds is 5. The number of carbonyl (C=O) groups is 1. The number of aromatic nitrogens is 4. The Bertz CT molecular complexity index is 1660. The smallest absolute Gasteiger partial charge is 0.407 e. The molecule has 2 aromatic heterocycles. The van der Waals surface area contributed by atoms with Crippen LogP contribution in [0.1, 0.15) is 56.4 Å². The first-order chi connectivity index (χ1) is 18.1. The van der Waals surface area contributed by atoms with Gasteiger partial charge >= 0.3 is 6.09 Å². The Kier molecular flexibility index (Phi) is 6.27. The van der Waals surface area contributed by atoms with Gasteiger partial charge in [0.2, 0.25) is 0 Å². The van der Waals surface area contributed by atoms with Gasteiger partial charge in [0, 0.05) is 23.6 Å².